The fourth-order valence-electron chi connectivity index (χ4n) is 2.17. The molecule has 1 aliphatic heterocycles. The summed E-state index contributed by atoms with van der Waals surface area (Å²) in [6.45, 7) is 1.06. The number of benzene rings is 1. The molecule has 0 radical (unpaired) electrons. The van der Waals surface area contributed by atoms with Gasteiger partial charge in [-0.05, 0) is 25.5 Å². The van der Waals surface area contributed by atoms with Gasteiger partial charge < -0.3 is 5.32 Å². The van der Waals surface area contributed by atoms with Gasteiger partial charge in [0.25, 0.3) is 5.69 Å². The Hall–Kier alpha value is -1.18. The zero-order chi connectivity index (χ0) is 14.0. The van der Waals surface area contributed by atoms with Crippen LogP contribution in [-0.4, -0.2) is 31.7 Å². The predicted octanol–water partition coefficient (Wildman–Crippen LogP) is 1.77. The Morgan fingerprint density at radius 1 is 1.42 bits per heavy atom. The van der Waals surface area contributed by atoms with Crippen molar-refractivity contribution >= 4 is 27.1 Å². The van der Waals surface area contributed by atoms with Gasteiger partial charge in [-0.2, -0.15) is 0 Å². The lowest BCUT2D eigenvalue weighted by Crippen LogP contribution is -2.39. The van der Waals surface area contributed by atoms with E-state index >= 15 is 0 Å². The van der Waals surface area contributed by atoms with Gasteiger partial charge in [-0.1, -0.05) is 17.7 Å². The minimum atomic E-state index is -3.80. The molecule has 1 N–H and O–H groups in total. The first-order chi connectivity index (χ1) is 8.94. The van der Waals surface area contributed by atoms with Crippen molar-refractivity contribution in [1.82, 2.24) is 5.32 Å². The van der Waals surface area contributed by atoms with Crippen LogP contribution in [-0.2, 0) is 9.84 Å². The summed E-state index contributed by atoms with van der Waals surface area (Å²) in [6, 6.07) is 3.89. The molecule has 2 rings (SSSR count). The van der Waals surface area contributed by atoms with Gasteiger partial charge in [0.15, 0.2) is 14.7 Å². The maximum Gasteiger partial charge on any atom is 0.289 e. The van der Waals surface area contributed by atoms with Crippen molar-refractivity contribution in [2.45, 2.75) is 23.0 Å². The molecule has 0 aromatic heterocycles. The largest absolute Gasteiger partial charge is 0.315 e. The summed E-state index contributed by atoms with van der Waals surface area (Å²) in [5.41, 5.74) is -0.460. The van der Waals surface area contributed by atoms with Gasteiger partial charge in [0.2, 0.25) is 0 Å². The second kappa shape index (κ2) is 5.44. The van der Waals surface area contributed by atoms with E-state index in [4.69, 9.17) is 11.6 Å². The van der Waals surface area contributed by atoms with Gasteiger partial charge in [-0.15, -0.1) is 0 Å². The molecule has 0 amide bonds. The third kappa shape index (κ3) is 2.72. The number of halogens is 1. The molecule has 0 spiro atoms. The third-order valence-corrected chi connectivity index (χ3v) is 5.82. The second-order valence-electron chi connectivity index (χ2n) is 4.36. The van der Waals surface area contributed by atoms with E-state index in [-0.39, 0.29) is 9.92 Å². The highest BCUT2D eigenvalue weighted by molar-refractivity contribution is 7.92. The number of sulfone groups is 1. The molecule has 1 atom stereocenters. The monoisotopic (exact) mass is 304 g/mol. The maximum atomic E-state index is 12.5. The van der Waals surface area contributed by atoms with Crippen LogP contribution in [0.1, 0.15) is 12.8 Å². The van der Waals surface area contributed by atoms with Crippen LogP contribution in [0.4, 0.5) is 5.69 Å². The number of rotatable bonds is 3. The summed E-state index contributed by atoms with van der Waals surface area (Å²) in [7, 11) is -3.80. The van der Waals surface area contributed by atoms with Crippen LogP contribution in [0, 0.1) is 10.1 Å². The van der Waals surface area contributed by atoms with Crippen LogP contribution in [0.15, 0.2) is 23.1 Å². The van der Waals surface area contributed by atoms with E-state index in [1.807, 2.05) is 0 Å². The number of nitrogens with zero attached hydrogens (tertiary/aromatic N) is 1. The van der Waals surface area contributed by atoms with E-state index in [0.29, 0.717) is 13.0 Å². The number of hydrogen-bond donors (Lipinski definition) is 1. The number of piperidine rings is 1. The Morgan fingerprint density at radius 2 is 2.16 bits per heavy atom. The minimum Gasteiger partial charge on any atom is -0.315 e. The molecule has 1 saturated heterocycles. The summed E-state index contributed by atoms with van der Waals surface area (Å²) in [4.78, 5) is 9.89. The van der Waals surface area contributed by atoms with Crippen LogP contribution in [0.25, 0.3) is 0 Å². The van der Waals surface area contributed by atoms with E-state index in [1.165, 1.54) is 12.1 Å². The molecule has 1 aromatic carbocycles. The van der Waals surface area contributed by atoms with Crippen molar-refractivity contribution in [3.8, 4) is 0 Å². The molecular formula is C11H13ClN2O4S. The lowest BCUT2D eigenvalue weighted by atomic mass is 10.2. The van der Waals surface area contributed by atoms with Crippen molar-refractivity contribution in [1.29, 1.82) is 0 Å². The van der Waals surface area contributed by atoms with Crippen molar-refractivity contribution in [3.05, 3.63) is 33.3 Å². The van der Waals surface area contributed by atoms with Crippen LogP contribution in [0.2, 0.25) is 5.02 Å². The Morgan fingerprint density at radius 3 is 2.74 bits per heavy atom. The van der Waals surface area contributed by atoms with Crippen LogP contribution < -0.4 is 5.32 Å². The van der Waals surface area contributed by atoms with E-state index in [2.05, 4.69) is 5.32 Å². The molecule has 104 valence electrons. The normalized spacial score (nSPS) is 20.2. The molecule has 6 nitrogen and oxygen atoms in total. The van der Waals surface area contributed by atoms with Gasteiger partial charge in [0, 0.05) is 12.6 Å². The van der Waals surface area contributed by atoms with Crippen LogP contribution in [0.5, 0.6) is 0 Å². The molecule has 1 unspecified atom stereocenters. The van der Waals surface area contributed by atoms with Gasteiger partial charge in [0.05, 0.1) is 15.2 Å². The summed E-state index contributed by atoms with van der Waals surface area (Å²) >= 11 is 5.87. The molecule has 1 heterocycles. The highest BCUT2D eigenvalue weighted by Crippen LogP contribution is 2.34. The Bertz CT molecular complexity index is 597. The number of nitrogens with one attached hydrogen (secondary N) is 1. The van der Waals surface area contributed by atoms with E-state index < -0.39 is 25.7 Å². The molecule has 19 heavy (non-hydrogen) atoms. The van der Waals surface area contributed by atoms with E-state index in [0.717, 1.165) is 19.0 Å². The number of hydrogen-bond acceptors (Lipinski definition) is 5. The van der Waals surface area contributed by atoms with Gasteiger partial charge in [-0.25, -0.2) is 8.42 Å². The van der Waals surface area contributed by atoms with Crippen LogP contribution >= 0.6 is 11.6 Å². The Labute approximate surface area is 115 Å². The summed E-state index contributed by atoms with van der Waals surface area (Å²) in [5, 5.41) is 13.2. The van der Waals surface area contributed by atoms with Crippen LogP contribution in [0.3, 0.4) is 0 Å². The third-order valence-electron chi connectivity index (χ3n) is 3.12. The molecule has 1 aromatic rings. The van der Waals surface area contributed by atoms with E-state index in [1.54, 1.807) is 0 Å². The number of nitro groups is 1. The topological polar surface area (TPSA) is 89.3 Å². The SMILES string of the molecule is O=[N+]([O-])c1cccc(Cl)c1S(=O)(=O)C1CCCNC1. The van der Waals surface area contributed by atoms with Crippen molar-refractivity contribution in [2.24, 2.45) is 0 Å². The highest BCUT2D eigenvalue weighted by Gasteiger charge is 2.36. The average molecular weight is 305 g/mol. The minimum absolute atomic E-state index is 0.0974. The Kier molecular flexibility index (Phi) is 4.07. The van der Waals surface area contributed by atoms with Gasteiger partial charge in [0.1, 0.15) is 0 Å². The zero-order valence-corrected chi connectivity index (χ0v) is 11.6. The van der Waals surface area contributed by atoms with Gasteiger partial charge in [-0.3, -0.25) is 10.1 Å². The zero-order valence-electron chi connectivity index (χ0n) is 10.0. The lowest BCUT2D eigenvalue weighted by molar-refractivity contribution is -0.387. The van der Waals surface area contributed by atoms with E-state index in [9.17, 15) is 18.5 Å². The molecule has 0 bridgehead atoms. The quantitative estimate of drug-likeness (QED) is 0.679. The van der Waals surface area contributed by atoms with Crippen molar-refractivity contribution < 1.29 is 13.3 Å². The fraction of sp³-hybridized carbons (Fsp3) is 0.455. The summed E-state index contributed by atoms with van der Waals surface area (Å²) in [5.74, 6) is 0. The summed E-state index contributed by atoms with van der Waals surface area (Å²) in [6.07, 6.45) is 1.21. The van der Waals surface area contributed by atoms with Gasteiger partial charge >= 0.3 is 0 Å². The standard InChI is InChI=1S/C11H13ClN2O4S/c12-9-4-1-5-10(14(15)16)11(9)19(17,18)8-3-2-6-13-7-8/h1,4-5,8,13H,2-3,6-7H2. The Balaban J connectivity index is 2.53. The molecule has 1 fully saturated rings. The first-order valence-corrected chi connectivity index (χ1v) is 7.74. The predicted molar refractivity (Wildman–Crippen MR) is 71.2 cm³/mol. The second-order valence-corrected chi connectivity index (χ2v) is 6.93. The molecule has 0 aliphatic carbocycles. The molecule has 8 heteroatoms. The summed E-state index contributed by atoms with van der Waals surface area (Å²) < 4.78 is 25.0. The molecular weight excluding hydrogens is 292 g/mol. The fourth-order valence-corrected chi connectivity index (χ4v) is 4.59. The lowest BCUT2D eigenvalue weighted by Gasteiger charge is -2.23. The first-order valence-electron chi connectivity index (χ1n) is 5.82. The van der Waals surface area contributed by atoms with Crippen molar-refractivity contribution in [3.63, 3.8) is 0 Å². The number of nitro benzene ring substituents is 1. The van der Waals surface area contributed by atoms with Crippen molar-refractivity contribution in [2.75, 3.05) is 13.1 Å². The first kappa shape index (κ1) is 14.2. The molecule has 1 aliphatic rings. The average Bonchev–Trinajstić information content (AvgIpc) is 2.39. The highest BCUT2D eigenvalue weighted by atomic mass is 35.5. The smallest absolute Gasteiger partial charge is 0.289 e. The maximum absolute atomic E-state index is 12.5. The molecule has 0 saturated carbocycles.